The largest absolute Gasteiger partial charge is 0.480 e. The molecule has 1 atom stereocenters. The van der Waals surface area contributed by atoms with Gasteiger partial charge < -0.3 is 10.8 Å². The van der Waals surface area contributed by atoms with Gasteiger partial charge in [-0.3, -0.25) is 4.79 Å². The Hall–Kier alpha value is -0.830. The first kappa shape index (κ1) is 13.2. The van der Waals surface area contributed by atoms with Gasteiger partial charge in [-0.05, 0) is 26.2 Å². The lowest BCUT2D eigenvalue weighted by Gasteiger charge is -2.18. The quantitative estimate of drug-likeness (QED) is 0.466. The molecule has 0 aliphatic carbocycles. The Morgan fingerprint density at radius 1 is 1.43 bits per heavy atom. The zero-order chi connectivity index (χ0) is 11.0. The van der Waals surface area contributed by atoms with Gasteiger partial charge >= 0.3 is 5.97 Å². The van der Waals surface area contributed by atoms with Crippen LogP contribution in [-0.4, -0.2) is 16.6 Å². The summed E-state index contributed by atoms with van der Waals surface area (Å²) in [6, 6.07) is 0. The highest BCUT2D eigenvalue weighted by atomic mass is 16.4. The lowest BCUT2D eigenvalue weighted by molar-refractivity contribution is -0.142. The second-order valence-electron chi connectivity index (χ2n) is 3.96. The van der Waals surface area contributed by atoms with Crippen LogP contribution in [0, 0.1) is 0 Å². The summed E-state index contributed by atoms with van der Waals surface area (Å²) in [4.78, 5) is 10.6. The molecule has 1 unspecified atom stereocenters. The molecule has 0 fully saturated rings. The molecule has 14 heavy (non-hydrogen) atoms. The zero-order valence-electron chi connectivity index (χ0n) is 8.96. The standard InChI is InChI=1S/C11H21NO2/c1-3-4-5-6-7-8-9-11(2,12)10(13)14/h3H,1,4-9,12H2,2H3,(H,13,14). The van der Waals surface area contributed by atoms with Gasteiger partial charge in [0.25, 0.3) is 0 Å². The van der Waals surface area contributed by atoms with E-state index in [-0.39, 0.29) is 0 Å². The molecule has 82 valence electrons. The van der Waals surface area contributed by atoms with Crippen LogP contribution in [0.3, 0.4) is 0 Å². The minimum absolute atomic E-state index is 0.552. The first-order valence-electron chi connectivity index (χ1n) is 5.14. The number of aliphatic carboxylic acids is 1. The van der Waals surface area contributed by atoms with Gasteiger partial charge in [0.2, 0.25) is 0 Å². The van der Waals surface area contributed by atoms with Gasteiger partial charge in [-0.2, -0.15) is 0 Å². The molecule has 0 aromatic rings. The summed E-state index contributed by atoms with van der Waals surface area (Å²) in [6.07, 6.45) is 7.70. The van der Waals surface area contributed by atoms with Gasteiger partial charge in [0.15, 0.2) is 0 Å². The molecule has 0 radical (unpaired) electrons. The van der Waals surface area contributed by atoms with Crippen LogP contribution in [0.1, 0.15) is 45.4 Å². The van der Waals surface area contributed by atoms with Crippen LogP contribution >= 0.6 is 0 Å². The van der Waals surface area contributed by atoms with Crippen molar-refractivity contribution in [2.45, 2.75) is 51.0 Å². The lowest BCUT2D eigenvalue weighted by Crippen LogP contribution is -2.44. The van der Waals surface area contributed by atoms with Crippen LogP contribution in [0.4, 0.5) is 0 Å². The highest BCUT2D eigenvalue weighted by Crippen LogP contribution is 2.13. The van der Waals surface area contributed by atoms with Gasteiger partial charge in [0, 0.05) is 0 Å². The normalized spacial score (nSPS) is 14.7. The molecule has 3 nitrogen and oxygen atoms in total. The van der Waals surface area contributed by atoms with E-state index in [1.165, 1.54) is 0 Å². The van der Waals surface area contributed by atoms with E-state index in [2.05, 4.69) is 6.58 Å². The fourth-order valence-electron chi connectivity index (χ4n) is 1.24. The second kappa shape index (κ2) is 6.60. The summed E-state index contributed by atoms with van der Waals surface area (Å²) in [7, 11) is 0. The van der Waals surface area contributed by atoms with Gasteiger partial charge in [-0.15, -0.1) is 6.58 Å². The molecule has 3 N–H and O–H groups in total. The van der Waals surface area contributed by atoms with E-state index in [0.29, 0.717) is 6.42 Å². The Morgan fingerprint density at radius 2 is 2.00 bits per heavy atom. The van der Waals surface area contributed by atoms with Crippen molar-refractivity contribution in [3.05, 3.63) is 12.7 Å². The van der Waals surface area contributed by atoms with Crippen molar-refractivity contribution in [2.75, 3.05) is 0 Å². The number of hydrogen-bond donors (Lipinski definition) is 2. The molecule has 0 heterocycles. The average molecular weight is 199 g/mol. The van der Waals surface area contributed by atoms with Crippen LogP contribution < -0.4 is 5.73 Å². The monoisotopic (exact) mass is 199 g/mol. The van der Waals surface area contributed by atoms with E-state index in [9.17, 15) is 4.79 Å². The molecule has 0 amide bonds. The van der Waals surface area contributed by atoms with Gasteiger partial charge in [-0.25, -0.2) is 0 Å². The zero-order valence-corrected chi connectivity index (χ0v) is 8.96. The lowest BCUT2D eigenvalue weighted by atomic mass is 9.95. The van der Waals surface area contributed by atoms with Crippen LogP contribution in [0.25, 0.3) is 0 Å². The fourth-order valence-corrected chi connectivity index (χ4v) is 1.24. The molecule has 0 spiro atoms. The van der Waals surface area contributed by atoms with E-state index < -0.39 is 11.5 Å². The molecular formula is C11H21NO2. The predicted molar refractivity (Wildman–Crippen MR) is 58.1 cm³/mol. The molecule has 0 aromatic heterocycles. The van der Waals surface area contributed by atoms with E-state index in [4.69, 9.17) is 10.8 Å². The van der Waals surface area contributed by atoms with Crippen molar-refractivity contribution < 1.29 is 9.90 Å². The topological polar surface area (TPSA) is 63.3 Å². The van der Waals surface area contributed by atoms with Crippen molar-refractivity contribution in [3.63, 3.8) is 0 Å². The van der Waals surface area contributed by atoms with Crippen LogP contribution in [0.5, 0.6) is 0 Å². The smallest absolute Gasteiger partial charge is 0.323 e. The molecule has 3 heteroatoms. The number of hydrogen-bond acceptors (Lipinski definition) is 2. The molecule has 0 bridgehead atoms. The first-order valence-corrected chi connectivity index (χ1v) is 5.14. The summed E-state index contributed by atoms with van der Waals surface area (Å²) in [5.74, 6) is -0.913. The fraction of sp³-hybridized carbons (Fsp3) is 0.727. The third-order valence-electron chi connectivity index (χ3n) is 2.34. The minimum Gasteiger partial charge on any atom is -0.480 e. The third kappa shape index (κ3) is 5.75. The highest BCUT2D eigenvalue weighted by molar-refractivity contribution is 5.77. The predicted octanol–water partition coefficient (Wildman–Crippen LogP) is 2.31. The maximum atomic E-state index is 10.6. The summed E-state index contributed by atoms with van der Waals surface area (Å²) in [5, 5.41) is 8.74. The summed E-state index contributed by atoms with van der Waals surface area (Å²) < 4.78 is 0. The number of carboxylic acids is 1. The minimum atomic E-state index is -1.06. The number of nitrogens with two attached hydrogens (primary N) is 1. The van der Waals surface area contributed by atoms with E-state index in [0.717, 1.165) is 32.1 Å². The number of rotatable bonds is 8. The van der Waals surface area contributed by atoms with E-state index in [1.54, 1.807) is 6.92 Å². The Balaban J connectivity index is 3.44. The molecular weight excluding hydrogens is 178 g/mol. The van der Waals surface area contributed by atoms with E-state index >= 15 is 0 Å². The Kier molecular flexibility index (Phi) is 6.21. The molecule has 0 aliphatic rings. The number of unbranched alkanes of at least 4 members (excludes halogenated alkanes) is 4. The van der Waals surface area contributed by atoms with Crippen molar-refractivity contribution in [2.24, 2.45) is 5.73 Å². The SMILES string of the molecule is C=CCCCCCCC(C)(N)C(=O)O. The van der Waals surface area contributed by atoms with Crippen LogP contribution in [0.15, 0.2) is 12.7 Å². The molecule has 0 saturated heterocycles. The number of carboxylic acid groups (broad SMARTS) is 1. The molecule has 0 saturated carbocycles. The van der Waals surface area contributed by atoms with Crippen molar-refractivity contribution in [3.8, 4) is 0 Å². The molecule has 0 rings (SSSR count). The van der Waals surface area contributed by atoms with E-state index in [1.807, 2.05) is 6.08 Å². The highest BCUT2D eigenvalue weighted by Gasteiger charge is 2.26. The van der Waals surface area contributed by atoms with Crippen molar-refractivity contribution in [1.82, 2.24) is 0 Å². The van der Waals surface area contributed by atoms with Gasteiger partial charge in [-0.1, -0.05) is 25.3 Å². The molecule has 0 aromatic carbocycles. The number of carbonyl (C=O) groups is 1. The average Bonchev–Trinajstić information content (AvgIpc) is 2.10. The molecule has 0 aliphatic heterocycles. The Labute approximate surface area is 86.0 Å². The maximum absolute atomic E-state index is 10.6. The number of allylic oxidation sites excluding steroid dienone is 1. The second-order valence-corrected chi connectivity index (χ2v) is 3.96. The van der Waals surface area contributed by atoms with Crippen molar-refractivity contribution in [1.29, 1.82) is 0 Å². The van der Waals surface area contributed by atoms with Gasteiger partial charge in [0.05, 0.1) is 0 Å². The van der Waals surface area contributed by atoms with Crippen LogP contribution in [0.2, 0.25) is 0 Å². The van der Waals surface area contributed by atoms with Crippen molar-refractivity contribution >= 4 is 5.97 Å². The summed E-state index contributed by atoms with van der Waals surface area (Å²) in [6.45, 7) is 5.21. The Morgan fingerprint density at radius 3 is 2.50 bits per heavy atom. The first-order chi connectivity index (χ1) is 6.50. The summed E-state index contributed by atoms with van der Waals surface area (Å²) >= 11 is 0. The van der Waals surface area contributed by atoms with Gasteiger partial charge in [0.1, 0.15) is 5.54 Å². The summed E-state index contributed by atoms with van der Waals surface area (Å²) in [5.41, 5.74) is 4.53. The van der Waals surface area contributed by atoms with Crippen LogP contribution in [-0.2, 0) is 4.79 Å². The Bertz CT molecular complexity index is 188. The maximum Gasteiger partial charge on any atom is 0.323 e. The third-order valence-corrected chi connectivity index (χ3v) is 2.34.